The Morgan fingerprint density at radius 3 is 2.76 bits per heavy atom. The SMILES string of the molecule is Cc1nc(NCc2cccc(C(F)(F)F)c2F)cc([C@H]2CCOC2)n1. The number of aryl methyl sites for hydroxylation is 1. The van der Waals surface area contributed by atoms with Crippen LogP contribution in [0.15, 0.2) is 24.3 Å². The van der Waals surface area contributed by atoms with Crippen molar-refractivity contribution in [3.8, 4) is 0 Å². The smallest absolute Gasteiger partial charge is 0.381 e. The van der Waals surface area contributed by atoms with E-state index in [2.05, 4.69) is 15.3 Å². The first kappa shape index (κ1) is 17.6. The molecule has 0 unspecified atom stereocenters. The number of halogens is 4. The van der Waals surface area contributed by atoms with Gasteiger partial charge in [0.05, 0.1) is 17.9 Å². The van der Waals surface area contributed by atoms with Crippen molar-refractivity contribution in [2.45, 2.75) is 32.0 Å². The number of hydrogen-bond donors (Lipinski definition) is 1. The molecule has 1 saturated heterocycles. The van der Waals surface area contributed by atoms with Gasteiger partial charge in [0.15, 0.2) is 0 Å². The van der Waals surface area contributed by atoms with Gasteiger partial charge in [-0.3, -0.25) is 0 Å². The van der Waals surface area contributed by atoms with Gasteiger partial charge in [0, 0.05) is 30.7 Å². The van der Waals surface area contributed by atoms with Crippen LogP contribution in [0.3, 0.4) is 0 Å². The largest absolute Gasteiger partial charge is 0.419 e. The summed E-state index contributed by atoms with van der Waals surface area (Å²) in [6.45, 7) is 2.88. The molecule has 4 nitrogen and oxygen atoms in total. The van der Waals surface area contributed by atoms with Gasteiger partial charge >= 0.3 is 6.18 Å². The third kappa shape index (κ3) is 4.07. The summed E-state index contributed by atoms with van der Waals surface area (Å²) in [6.07, 6.45) is -3.86. The zero-order valence-electron chi connectivity index (χ0n) is 13.5. The number of aromatic nitrogens is 2. The Hall–Kier alpha value is -2.22. The van der Waals surface area contributed by atoms with E-state index < -0.39 is 17.6 Å². The van der Waals surface area contributed by atoms with Crippen LogP contribution in [0, 0.1) is 12.7 Å². The molecule has 8 heteroatoms. The van der Waals surface area contributed by atoms with Crippen LogP contribution >= 0.6 is 0 Å². The topological polar surface area (TPSA) is 47.0 Å². The highest BCUT2D eigenvalue weighted by Crippen LogP contribution is 2.32. The van der Waals surface area contributed by atoms with Gasteiger partial charge in [0.2, 0.25) is 0 Å². The maximum atomic E-state index is 14.1. The Kier molecular flexibility index (Phi) is 4.89. The zero-order valence-corrected chi connectivity index (χ0v) is 13.5. The van der Waals surface area contributed by atoms with Crippen LogP contribution < -0.4 is 5.32 Å². The second-order valence-electron chi connectivity index (χ2n) is 5.92. The summed E-state index contributed by atoms with van der Waals surface area (Å²) in [5, 5.41) is 2.89. The maximum Gasteiger partial charge on any atom is 0.419 e. The lowest BCUT2D eigenvalue weighted by molar-refractivity contribution is -0.140. The van der Waals surface area contributed by atoms with Crippen LogP contribution in [0.2, 0.25) is 0 Å². The highest BCUT2D eigenvalue weighted by Gasteiger charge is 2.34. The molecule has 0 amide bonds. The molecule has 0 spiro atoms. The fraction of sp³-hybridized carbons (Fsp3) is 0.412. The molecular weight excluding hydrogens is 338 g/mol. The quantitative estimate of drug-likeness (QED) is 0.841. The normalized spacial score (nSPS) is 17.7. The summed E-state index contributed by atoms with van der Waals surface area (Å²) in [4.78, 5) is 8.59. The van der Waals surface area contributed by atoms with Gasteiger partial charge in [-0.05, 0) is 19.4 Å². The Morgan fingerprint density at radius 2 is 2.08 bits per heavy atom. The lowest BCUT2D eigenvalue weighted by Crippen LogP contribution is -2.12. The molecule has 1 fully saturated rings. The average Bonchev–Trinajstić information content (AvgIpc) is 3.07. The molecule has 1 aromatic heterocycles. The van der Waals surface area contributed by atoms with Gasteiger partial charge in [-0.1, -0.05) is 12.1 Å². The van der Waals surface area contributed by atoms with Crippen molar-refractivity contribution >= 4 is 5.82 Å². The Labute approximate surface area is 142 Å². The number of nitrogens with one attached hydrogen (secondary N) is 1. The van der Waals surface area contributed by atoms with Gasteiger partial charge in [-0.25, -0.2) is 14.4 Å². The fourth-order valence-electron chi connectivity index (χ4n) is 2.78. The minimum atomic E-state index is -4.72. The number of rotatable bonds is 4. The standard InChI is InChI=1S/C17H17F4N3O/c1-10-23-14(12-5-6-25-9-12)7-15(24-10)22-8-11-3-2-4-13(16(11)18)17(19,20)21/h2-4,7,12H,5-6,8-9H2,1H3,(H,22,23,24)/t12-/m0/s1. The summed E-state index contributed by atoms with van der Waals surface area (Å²) < 4.78 is 57.7. The first-order chi connectivity index (χ1) is 11.8. The molecule has 2 aromatic rings. The molecule has 1 aliphatic heterocycles. The lowest BCUT2D eigenvalue weighted by Gasteiger charge is -2.14. The first-order valence-electron chi connectivity index (χ1n) is 7.86. The van der Waals surface area contributed by atoms with E-state index in [1.165, 1.54) is 12.1 Å². The molecule has 1 N–H and O–H groups in total. The van der Waals surface area contributed by atoms with Crippen LogP contribution in [0.1, 0.15) is 35.0 Å². The second-order valence-corrected chi connectivity index (χ2v) is 5.92. The molecule has 0 bridgehead atoms. The Balaban J connectivity index is 1.78. The van der Waals surface area contributed by atoms with Crippen LogP contribution in [-0.2, 0) is 17.5 Å². The molecule has 1 aromatic carbocycles. The monoisotopic (exact) mass is 355 g/mol. The second kappa shape index (κ2) is 6.95. The molecule has 0 radical (unpaired) electrons. The number of benzene rings is 1. The van der Waals surface area contributed by atoms with Gasteiger partial charge in [-0.15, -0.1) is 0 Å². The van der Waals surface area contributed by atoms with Gasteiger partial charge in [-0.2, -0.15) is 13.2 Å². The third-order valence-corrected chi connectivity index (χ3v) is 4.05. The minimum absolute atomic E-state index is 0.0724. The number of nitrogens with zero attached hydrogens (tertiary/aromatic N) is 2. The Morgan fingerprint density at radius 1 is 1.28 bits per heavy atom. The molecule has 1 atom stereocenters. The van der Waals surface area contributed by atoms with E-state index in [9.17, 15) is 17.6 Å². The highest BCUT2D eigenvalue weighted by molar-refractivity contribution is 5.39. The van der Waals surface area contributed by atoms with Crippen molar-refractivity contribution in [1.29, 1.82) is 0 Å². The molecule has 134 valence electrons. The molecule has 2 heterocycles. The van der Waals surface area contributed by atoms with E-state index in [1.807, 2.05) is 0 Å². The molecule has 1 aliphatic rings. The number of ether oxygens (including phenoxy) is 1. The van der Waals surface area contributed by atoms with Gasteiger partial charge in [0.1, 0.15) is 17.5 Å². The van der Waals surface area contributed by atoms with Crippen molar-refractivity contribution < 1.29 is 22.3 Å². The summed E-state index contributed by atoms with van der Waals surface area (Å²) in [6, 6.07) is 4.97. The van der Waals surface area contributed by atoms with Crippen LogP contribution in [0.4, 0.5) is 23.4 Å². The van der Waals surface area contributed by atoms with E-state index in [4.69, 9.17) is 4.74 Å². The summed E-state index contributed by atoms with van der Waals surface area (Å²) in [7, 11) is 0. The minimum Gasteiger partial charge on any atom is -0.381 e. The number of anilines is 1. The van der Waals surface area contributed by atoms with Crippen molar-refractivity contribution in [2.24, 2.45) is 0 Å². The van der Waals surface area contributed by atoms with Crippen LogP contribution in [0.25, 0.3) is 0 Å². The number of hydrogen-bond acceptors (Lipinski definition) is 4. The fourth-order valence-corrected chi connectivity index (χ4v) is 2.78. The van der Waals surface area contributed by atoms with E-state index in [-0.39, 0.29) is 18.0 Å². The summed E-state index contributed by atoms with van der Waals surface area (Å²) in [5.74, 6) is -0.104. The van der Waals surface area contributed by atoms with Crippen LogP contribution in [-0.4, -0.2) is 23.2 Å². The van der Waals surface area contributed by atoms with E-state index in [1.54, 1.807) is 13.0 Å². The Bertz CT molecular complexity index is 758. The van der Waals surface area contributed by atoms with E-state index >= 15 is 0 Å². The average molecular weight is 355 g/mol. The molecule has 0 aliphatic carbocycles. The molecule has 3 rings (SSSR count). The predicted molar refractivity (Wildman–Crippen MR) is 83.7 cm³/mol. The van der Waals surface area contributed by atoms with E-state index in [0.29, 0.717) is 24.9 Å². The van der Waals surface area contributed by atoms with Crippen molar-refractivity contribution in [3.05, 3.63) is 52.7 Å². The molecular formula is C17H17F4N3O. The van der Waals surface area contributed by atoms with Crippen molar-refractivity contribution in [1.82, 2.24) is 9.97 Å². The lowest BCUT2D eigenvalue weighted by atomic mass is 10.0. The number of alkyl halides is 3. The first-order valence-corrected chi connectivity index (χ1v) is 7.86. The highest BCUT2D eigenvalue weighted by atomic mass is 19.4. The third-order valence-electron chi connectivity index (χ3n) is 4.05. The summed E-state index contributed by atoms with van der Waals surface area (Å²) >= 11 is 0. The molecule has 0 saturated carbocycles. The van der Waals surface area contributed by atoms with Gasteiger partial charge < -0.3 is 10.1 Å². The molecule has 25 heavy (non-hydrogen) atoms. The predicted octanol–water partition coefficient (Wildman–Crippen LogP) is 4.06. The zero-order chi connectivity index (χ0) is 18.0. The van der Waals surface area contributed by atoms with Gasteiger partial charge in [0.25, 0.3) is 0 Å². The summed E-state index contributed by atoms with van der Waals surface area (Å²) in [5.41, 5.74) is -0.525. The van der Waals surface area contributed by atoms with Crippen molar-refractivity contribution in [3.63, 3.8) is 0 Å². The van der Waals surface area contributed by atoms with E-state index in [0.717, 1.165) is 18.2 Å². The van der Waals surface area contributed by atoms with Crippen LogP contribution in [0.5, 0.6) is 0 Å². The maximum absolute atomic E-state index is 14.1. The van der Waals surface area contributed by atoms with Crippen molar-refractivity contribution in [2.75, 3.05) is 18.5 Å².